The van der Waals surface area contributed by atoms with Crippen molar-refractivity contribution in [2.45, 2.75) is 18.9 Å². The van der Waals surface area contributed by atoms with Crippen LogP contribution < -0.4 is 10.2 Å². The molecule has 0 amide bonds. The van der Waals surface area contributed by atoms with Gasteiger partial charge >= 0.3 is 0 Å². The van der Waals surface area contributed by atoms with Gasteiger partial charge in [0.25, 0.3) is 0 Å². The summed E-state index contributed by atoms with van der Waals surface area (Å²) in [4.78, 5) is 6.58. The van der Waals surface area contributed by atoms with Gasteiger partial charge in [-0.3, -0.25) is 0 Å². The molecular formula is C14H20N4O. The minimum atomic E-state index is 0.522. The number of aromatic nitrogens is 1. The smallest absolute Gasteiger partial charge is 0.128 e. The summed E-state index contributed by atoms with van der Waals surface area (Å²) in [5, 5.41) is 12.3. The van der Waals surface area contributed by atoms with Crippen molar-refractivity contribution in [2.75, 3.05) is 38.3 Å². The zero-order chi connectivity index (χ0) is 13.5. The van der Waals surface area contributed by atoms with Gasteiger partial charge in [-0.05, 0) is 31.5 Å². The molecule has 2 rings (SSSR count). The van der Waals surface area contributed by atoms with Crippen LogP contribution in [0.3, 0.4) is 0 Å². The van der Waals surface area contributed by atoms with E-state index in [-0.39, 0.29) is 0 Å². The molecule has 0 saturated carbocycles. The molecule has 1 atom stereocenters. The van der Waals surface area contributed by atoms with Crippen LogP contribution in [0, 0.1) is 11.3 Å². The average molecular weight is 260 g/mol. The van der Waals surface area contributed by atoms with Crippen LogP contribution in [0.15, 0.2) is 18.3 Å². The molecule has 0 bridgehead atoms. The number of nitrogens with zero attached hydrogens (tertiary/aromatic N) is 3. The number of rotatable bonds is 6. The molecule has 1 aliphatic rings. The van der Waals surface area contributed by atoms with E-state index >= 15 is 0 Å². The second-order valence-electron chi connectivity index (χ2n) is 4.75. The zero-order valence-electron chi connectivity index (χ0n) is 11.3. The highest BCUT2D eigenvalue weighted by Crippen LogP contribution is 2.14. The first kappa shape index (κ1) is 13.8. The van der Waals surface area contributed by atoms with Crippen molar-refractivity contribution in [3.05, 3.63) is 23.9 Å². The SMILES string of the molecule is COCCN(CC1CCCN1)c1ccc(C#N)cn1. The zero-order valence-corrected chi connectivity index (χ0v) is 11.3. The molecule has 0 spiro atoms. The summed E-state index contributed by atoms with van der Waals surface area (Å²) in [6, 6.07) is 6.33. The van der Waals surface area contributed by atoms with Gasteiger partial charge in [0.1, 0.15) is 11.9 Å². The molecule has 5 nitrogen and oxygen atoms in total. The molecule has 1 N–H and O–H groups in total. The third kappa shape index (κ3) is 3.91. The van der Waals surface area contributed by atoms with E-state index in [2.05, 4.69) is 21.3 Å². The van der Waals surface area contributed by atoms with Crippen molar-refractivity contribution >= 4 is 5.82 Å². The third-order valence-corrected chi connectivity index (χ3v) is 3.37. The Hall–Kier alpha value is -1.64. The first-order valence-corrected chi connectivity index (χ1v) is 6.67. The fourth-order valence-electron chi connectivity index (χ4n) is 2.32. The molecule has 1 fully saturated rings. The second kappa shape index (κ2) is 7.07. The standard InChI is InChI=1S/C14H20N4O/c1-19-8-7-18(11-13-3-2-6-16-13)14-5-4-12(9-15)10-17-14/h4-5,10,13,16H,2-3,6-8,11H2,1H3. The molecule has 1 unspecified atom stereocenters. The molecule has 0 aliphatic carbocycles. The Morgan fingerprint density at radius 3 is 3.05 bits per heavy atom. The van der Waals surface area contributed by atoms with Gasteiger partial charge in [-0.2, -0.15) is 5.26 Å². The largest absolute Gasteiger partial charge is 0.383 e. The van der Waals surface area contributed by atoms with Gasteiger partial charge in [0.2, 0.25) is 0 Å². The molecule has 5 heteroatoms. The highest BCUT2D eigenvalue weighted by Gasteiger charge is 2.18. The second-order valence-corrected chi connectivity index (χ2v) is 4.75. The Labute approximate surface area is 114 Å². The van der Waals surface area contributed by atoms with Gasteiger partial charge in [-0.1, -0.05) is 0 Å². The molecule has 1 aromatic rings. The molecule has 1 saturated heterocycles. The summed E-state index contributed by atoms with van der Waals surface area (Å²) in [6.07, 6.45) is 4.07. The quantitative estimate of drug-likeness (QED) is 0.831. The van der Waals surface area contributed by atoms with E-state index in [0.717, 1.165) is 25.5 Å². The molecule has 19 heavy (non-hydrogen) atoms. The summed E-state index contributed by atoms with van der Waals surface area (Å²) in [6.45, 7) is 3.52. The van der Waals surface area contributed by atoms with Crippen LogP contribution in [-0.2, 0) is 4.74 Å². The molecule has 0 aromatic carbocycles. The van der Waals surface area contributed by atoms with Crippen molar-refractivity contribution in [2.24, 2.45) is 0 Å². The summed E-state index contributed by atoms with van der Waals surface area (Å²) in [7, 11) is 1.71. The summed E-state index contributed by atoms with van der Waals surface area (Å²) >= 11 is 0. The Bertz CT molecular complexity index is 420. The maximum atomic E-state index is 8.80. The Kier molecular flexibility index (Phi) is 5.13. The topological polar surface area (TPSA) is 61.2 Å². The van der Waals surface area contributed by atoms with Crippen LogP contribution in [0.2, 0.25) is 0 Å². The van der Waals surface area contributed by atoms with Crippen LogP contribution in [0.1, 0.15) is 18.4 Å². The molecule has 1 aliphatic heterocycles. The number of pyridine rings is 1. The molecule has 0 radical (unpaired) electrons. The van der Waals surface area contributed by atoms with Crippen LogP contribution in [0.4, 0.5) is 5.82 Å². The number of nitrogens with one attached hydrogen (secondary N) is 1. The number of hydrogen-bond acceptors (Lipinski definition) is 5. The highest BCUT2D eigenvalue weighted by molar-refractivity contribution is 5.42. The molecular weight excluding hydrogens is 240 g/mol. The predicted molar refractivity (Wildman–Crippen MR) is 74.1 cm³/mol. The van der Waals surface area contributed by atoms with Crippen molar-refractivity contribution < 1.29 is 4.74 Å². The van der Waals surface area contributed by atoms with Crippen LogP contribution in [0.25, 0.3) is 0 Å². The van der Waals surface area contributed by atoms with E-state index < -0.39 is 0 Å². The molecule has 1 aromatic heterocycles. The fourth-order valence-corrected chi connectivity index (χ4v) is 2.32. The number of anilines is 1. The number of hydrogen-bond donors (Lipinski definition) is 1. The van der Waals surface area contributed by atoms with Gasteiger partial charge in [0.15, 0.2) is 0 Å². The van der Waals surface area contributed by atoms with Gasteiger partial charge in [0.05, 0.1) is 12.2 Å². The van der Waals surface area contributed by atoms with Crippen LogP contribution >= 0.6 is 0 Å². The number of nitriles is 1. The first-order valence-electron chi connectivity index (χ1n) is 6.67. The lowest BCUT2D eigenvalue weighted by molar-refractivity contribution is 0.204. The lowest BCUT2D eigenvalue weighted by Gasteiger charge is -2.26. The normalized spacial score (nSPS) is 18.2. The average Bonchev–Trinajstić information content (AvgIpc) is 2.96. The van der Waals surface area contributed by atoms with Gasteiger partial charge in [-0.25, -0.2) is 4.98 Å². The maximum Gasteiger partial charge on any atom is 0.128 e. The van der Waals surface area contributed by atoms with Crippen LogP contribution in [-0.4, -0.2) is 44.4 Å². The van der Waals surface area contributed by atoms with Crippen molar-refractivity contribution in [1.82, 2.24) is 10.3 Å². The Morgan fingerprint density at radius 2 is 2.47 bits per heavy atom. The fraction of sp³-hybridized carbons (Fsp3) is 0.571. The lowest BCUT2D eigenvalue weighted by Crippen LogP contribution is -2.39. The van der Waals surface area contributed by atoms with E-state index in [1.165, 1.54) is 12.8 Å². The summed E-state index contributed by atoms with van der Waals surface area (Å²) < 4.78 is 5.16. The lowest BCUT2D eigenvalue weighted by atomic mass is 10.2. The third-order valence-electron chi connectivity index (χ3n) is 3.37. The van der Waals surface area contributed by atoms with Crippen molar-refractivity contribution in [1.29, 1.82) is 5.26 Å². The first-order chi connectivity index (χ1) is 9.33. The van der Waals surface area contributed by atoms with Gasteiger partial charge in [-0.15, -0.1) is 0 Å². The van der Waals surface area contributed by atoms with Crippen LogP contribution in [0.5, 0.6) is 0 Å². The van der Waals surface area contributed by atoms with E-state index in [9.17, 15) is 0 Å². The molecule has 102 valence electrons. The molecule has 2 heterocycles. The van der Waals surface area contributed by atoms with E-state index in [0.29, 0.717) is 18.2 Å². The maximum absolute atomic E-state index is 8.80. The summed E-state index contributed by atoms with van der Waals surface area (Å²) in [5.41, 5.74) is 0.592. The van der Waals surface area contributed by atoms with E-state index in [1.54, 1.807) is 13.3 Å². The highest BCUT2D eigenvalue weighted by atomic mass is 16.5. The predicted octanol–water partition coefficient (Wildman–Crippen LogP) is 1.16. The Balaban J connectivity index is 2.04. The van der Waals surface area contributed by atoms with E-state index in [4.69, 9.17) is 10.00 Å². The van der Waals surface area contributed by atoms with Crippen molar-refractivity contribution in [3.63, 3.8) is 0 Å². The van der Waals surface area contributed by atoms with Gasteiger partial charge < -0.3 is 15.0 Å². The Morgan fingerprint density at radius 1 is 1.58 bits per heavy atom. The number of ether oxygens (including phenoxy) is 1. The van der Waals surface area contributed by atoms with E-state index in [1.807, 2.05) is 12.1 Å². The number of methoxy groups -OCH3 is 1. The monoisotopic (exact) mass is 260 g/mol. The minimum absolute atomic E-state index is 0.522. The van der Waals surface area contributed by atoms with Crippen molar-refractivity contribution in [3.8, 4) is 6.07 Å². The summed E-state index contributed by atoms with van der Waals surface area (Å²) in [5.74, 6) is 0.907. The minimum Gasteiger partial charge on any atom is -0.383 e. The van der Waals surface area contributed by atoms with Gasteiger partial charge in [0, 0.05) is 32.4 Å².